The van der Waals surface area contributed by atoms with Gasteiger partial charge in [-0.25, -0.2) is 0 Å². The van der Waals surface area contributed by atoms with Crippen molar-refractivity contribution in [3.63, 3.8) is 0 Å². The van der Waals surface area contributed by atoms with Gasteiger partial charge in [0.25, 0.3) is 6.54 Å². The van der Waals surface area contributed by atoms with E-state index in [9.17, 15) is 14.9 Å². The van der Waals surface area contributed by atoms with Crippen molar-refractivity contribution in [1.29, 1.82) is 0 Å². The largest absolute Gasteiger partial charge is 2.00 e. The number of hydrogen-bond acceptors (Lipinski definition) is 3. The molecular formula is C16H31CaNO3+2. The predicted molar refractivity (Wildman–Crippen MR) is 88.3 cm³/mol. The average molecular weight is 326 g/mol. The number of carbonyl (C=O) groups excluding carboxylic acids is 1. The summed E-state index contributed by atoms with van der Waals surface area (Å²) in [5.74, 6) is -0.234. The molecule has 0 fully saturated rings. The summed E-state index contributed by atoms with van der Waals surface area (Å²) in [6.07, 6.45) is 15.4. The number of nitro groups is 1. The van der Waals surface area contributed by atoms with Crippen LogP contribution in [-0.2, 0) is 4.79 Å². The smallest absolute Gasteiger partial charge is 0.292 e. The Balaban J connectivity index is 0. The number of nitrogens with zero attached hydrogens (tertiary/aromatic N) is 1. The summed E-state index contributed by atoms with van der Waals surface area (Å²) in [4.78, 5) is 20.7. The molecule has 0 aromatic rings. The van der Waals surface area contributed by atoms with Crippen LogP contribution in [0.2, 0.25) is 0 Å². The van der Waals surface area contributed by atoms with Crippen LogP contribution in [0.25, 0.3) is 0 Å². The molecule has 0 aliphatic rings. The minimum atomic E-state index is -0.539. The Morgan fingerprint density at radius 2 is 1.19 bits per heavy atom. The molecule has 0 radical (unpaired) electrons. The zero-order valence-electron chi connectivity index (χ0n) is 13.8. The number of rotatable bonds is 15. The molecule has 0 aromatic carbocycles. The molecule has 21 heavy (non-hydrogen) atoms. The van der Waals surface area contributed by atoms with E-state index in [1.54, 1.807) is 0 Å². The van der Waals surface area contributed by atoms with Gasteiger partial charge in [-0.15, -0.1) is 0 Å². The van der Waals surface area contributed by atoms with Crippen molar-refractivity contribution in [3.05, 3.63) is 10.1 Å². The van der Waals surface area contributed by atoms with Crippen molar-refractivity contribution in [2.45, 2.75) is 90.4 Å². The Morgan fingerprint density at radius 3 is 1.57 bits per heavy atom. The maximum absolute atomic E-state index is 11.1. The zero-order valence-corrected chi connectivity index (χ0v) is 16.0. The fourth-order valence-corrected chi connectivity index (χ4v) is 2.39. The molecule has 0 saturated heterocycles. The van der Waals surface area contributed by atoms with Crippen LogP contribution in [0.5, 0.6) is 0 Å². The number of carbonyl (C=O) groups is 1. The van der Waals surface area contributed by atoms with Gasteiger partial charge in [0.15, 0.2) is 0 Å². The summed E-state index contributed by atoms with van der Waals surface area (Å²) in [5, 5.41) is 10.1. The zero-order chi connectivity index (χ0) is 15.1. The molecule has 118 valence electrons. The van der Waals surface area contributed by atoms with Gasteiger partial charge in [0.2, 0.25) is 5.78 Å². The van der Waals surface area contributed by atoms with Crippen LogP contribution in [0.15, 0.2) is 0 Å². The molecule has 0 heterocycles. The number of ketones is 1. The van der Waals surface area contributed by atoms with Gasteiger partial charge in [0, 0.05) is 11.3 Å². The summed E-state index contributed by atoms with van der Waals surface area (Å²) < 4.78 is 0. The predicted octanol–water partition coefficient (Wildman–Crippen LogP) is 4.54. The normalized spacial score (nSPS) is 10.1. The molecule has 0 unspecified atom stereocenters. The van der Waals surface area contributed by atoms with E-state index in [1.165, 1.54) is 57.8 Å². The first-order valence-corrected chi connectivity index (χ1v) is 8.30. The van der Waals surface area contributed by atoms with Crippen LogP contribution in [0.3, 0.4) is 0 Å². The van der Waals surface area contributed by atoms with Crippen molar-refractivity contribution in [1.82, 2.24) is 0 Å². The second-order valence-corrected chi connectivity index (χ2v) is 5.67. The Bertz CT molecular complexity index is 260. The SMILES string of the molecule is CCCCCCCCCCCCCCC(=O)C[N+](=O)[O-].[Ca+2]. The molecule has 0 amide bonds. The van der Waals surface area contributed by atoms with Crippen LogP contribution in [0.4, 0.5) is 0 Å². The van der Waals surface area contributed by atoms with Gasteiger partial charge >= 0.3 is 37.7 Å². The van der Waals surface area contributed by atoms with Crippen LogP contribution in [-0.4, -0.2) is 55.0 Å². The van der Waals surface area contributed by atoms with Crippen LogP contribution in [0, 0.1) is 10.1 Å². The van der Waals surface area contributed by atoms with Crippen molar-refractivity contribution < 1.29 is 9.72 Å². The molecule has 0 N–H and O–H groups in total. The first-order valence-electron chi connectivity index (χ1n) is 8.30. The Labute approximate surface area is 159 Å². The van der Waals surface area contributed by atoms with Crippen molar-refractivity contribution in [2.24, 2.45) is 0 Å². The molecule has 5 heteroatoms. The molecule has 0 saturated carbocycles. The van der Waals surface area contributed by atoms with Crippen LogP contribution >= 0.6 is 0 Å². The molecule has 0 bridgehead atoms. The molecule has 0 aliphatic carbocycles. The minimum Gasteiger partial charge on any atom is -0.292 e. The van der Waals surface area contributed by atoms with Gasteiger partial charge in [0.1, 0.15) is 0 Å². The number of unbranched alkanes of at least 4 members (excludes halogenated alkanes) is 11. The molecule has 0 spiro atoms. The van der Waals surface area contributed by atoms with Crippen molar-refractivity contribution >= 4 is 43.5 Å². The fourth-order valence-electron chi connectivity index (χ4n) is 2.39. The van der Waals surface area contributed by atoms with Gasteiger partial charge in [-0.2, -0.15) is 0 Å². The quantitative estimate of drug-likeness (QED) is 0.192. The van der Waals surface area contributed by atoms with Crippen molar-refractivity contribution in [3.8, 4) is 0 Å². The first-order chi connectivity index (χ1) is 9.66. The Kier molecular flexibility index (Phi) is 20.6. The summed E-state index contributed by atoms with van der Waals surface area (Å²) in [7, 11) is 0. The number of Topliss-reactive ketones (excluding diaryl/α,β-unsaturated/α-hetero) is 1. The van der Waals surface area contributed by atoms with E-state index >= 15 is 0 Å². The standard InChI is InChI=1S/C16H31NO3.Ca/c1-2-3-4-5-6-7-8-9-10-11-12-13-14-16(18)15-17(19)20;/h2-15H2,1H3;/q;+2. The van der Waals surface area contributed by atoms with Gasteiger partial charge < -0.3 is 0 Å². The monoisotopic (exact) mass is 325 g/mol. The fraction of sp³-hybridized carbons (Fsp3) is 0.938. The molecule has 0 aromatic heterocycles. The molecule has 0 rings (SSSR count). The summed E-state index contributed by atoms with van der Waals surface area (Å²) >= 11 is 0. The maximum atomic E-state index is 11.1. The molecule has 0 atom stereocenters. The second-order valence-electron chi connectivity index (χ2n) is 5.67. The van der Waals surface area contributed by atoms with E-state index in [2.05, 4.69) is 6.92 Å². The maximum Gasteiger partial charge on any atom is 2.00 e. The second kappa shape index (κ2) is 18.4. The topological polar surface area (TPSA) is 60.2 Å². The van der Waals surface area contributed by atoms with Gasteiger partial charge in [-0.05, 0) is 6.42 Å². The van der Waals surface area contributed by atoms with E-state index < -0.39 is 11.5 Å². The van der Waals surface area contributed by atoms with Gasteiger partial charge in [0.05, 0.1) is 0 Å². The summed E-state index contributed by atoms with van der Waals surface area (Å²) in [6.45, 7) is 1.74. The third kappa shape index (κ3) is 20.3. The first kappa shape index (κ1) is 23.6. The third-order valence-corrected chi connectivity index (χ3v) is 3.61. The van der Waals surface area contributed by atoms with E-state index in [1.807, 2.05) is 0 Å². The summed E-state index contributed by atoms with van der Waals surface area (Å²) in [6, 6.07) is 0. The number of hydrogen-bond donors (Lipinski definition) is 0. The minimum absolute atomic E-state index is 0. The van der Waals surface area contributed by atoms with E-state index in [0.29, 0.717) is 6.42 Å². The van der Waals surface area contributed by atoms with E-state index in [-0.39, 0.29) is 43.5 Å². The van der Waals surface area contributed by atoms with Crippen molar-refractivity contribution in [2.75, 3.05) is 6.54 Å². The van der Waals surface area contributed by atoms with Gasteiger partial charge in [-0.3, -0.25) is 14.9 Å². The van der Waals surface area contributed by atoms with Crippen LogP contribution in [0.1, 0.15) is 90.4 Å². The van der Waals surface area contributed by atoms with Crippen LogP contribution < -0.4 is 0 Å². The molecule has 0 aliphatic heterocycles. The van der Waals surface area contributed by atoms with E-state index in [0.717, 1.165) is 19.3 Å². The average Bonchev–Trinajstić information content (AvgIpc) is 2.39. The molecule has 4 nitrogen and oxygen atoms in total. The molecular weight excluding hydrogens is 294 g/mol. The summed E-state index contributed by atoms with van der Waals surface area (Å²) in [5.41, 5.74) is 0. The van der Waals surface area contributed by atoms with Gasteiger partial charge in [-0.1, -0.05) is 77.6 Å². The Hall–Kier alpha value is 0.330. The Morgan fingerprint density at radius 1 is 0.810 bits per heavy atom. The third-order valence-electron chi connectivity index (χ3n) is 3.61. The van der Waals surface area contributed by atoms with E-state index in [4.69, 9.17) is 0 Å².